The highest BCUT2D eigenvalue weighted by Gasteiger charge is 1.97. The molecule has 0 fully saturated rings. The SMILES string of the molecule is COc1ccc2cc(C#Cc3cc(Br)ccn3)ccc2c1. The monoisotopic (exact) mass is 337 g/mol. The summed E-state index contributed by atoms with van der Waals surface area (Å²) in [5.74, 6) is 7.08. The number of hydrogen-bond donors (Lipinski definition) is 0. The smallest absolute Gasteiger partial charge is 0.119 e. The quantitative estimate of drug-likeness (QED) is 0.614. The molecule has 0 radical (unpaired) electrons. The van der Waals surface area contributed by atoms with Crippen LogP contribution in [0.3, 0.4) is 0 Å². The molecule has 2 nitrogen and oxygen atoms in total. The number of halogens is 1. The fraction of sp³-hybridized carbons (Fsp3) is 0.0556. The molecule has 3 rings (SSSR count). The molecular formula is C18H12BrNO. The van der Waals surface area contributed by atoms with Gasteiger partial charge in [0.05, 0.1) is 7.11 Å². The van der Waals surface area contributed by atoms with Gasteiger partial charge >= 0.3 is 0 Å². The molecule has 0 amide bonds. The van der Waals surface area contributed by atoms with E-state index >= 15 is 0 Å². The van der Waals surface area contributed by atoms with E-state index in [-0.39, 0.29) is 0 Å². The van der Waals surface area contributed by atoms with Crippen LogP contribution in [0.2, 0.25) is 0 Å². The second-order valence-electron chi connectivity index (χ2n) is 4.54. The fourth-order valence-electron chi connectivity index (χ4n) is 2.04. The van der Waals surface area contributed by atoms with Crippen LogP contribution in [0.4, 0.5) is 0 Å². The summed E-state index contributed by atoms with van der Waals surface area (Å²) in [6, 6.07) is 15.9. The van der Waals surface area contributed by atoms with Crippen LogP contribution in [0, 0.1) is 11.8 Å². The van der Waals surface area contributed by atoms with Crippen LogP contribution >= 0.6 is 15.9 Å². The largest absolute Gasteiger partial charge is 0.497 e. The van der Waals surface area contributed by atoms with Crippen LogP contribution in [-0.4, -0.2) is 12.1 Å². The van der Waals surface area contributed by atoms with Crippen molar-refractivity contribution in [1.29, 1.82) is 0 Å². The Morgan fingerprint density at radius 2 is 1.76 bits per heavy atom. The van der Waals surface area contributed by atoms with E-state index in [1.54, 1.807) is 13.3 Å². The topological polar surface area (TPSA) is 22.1 Å². The zero-order chi connectivity index (χ0) is 14.7. The maximum absolute atomic E-state index is 5.23. The maximum Gasteiger partial charge on any atom is 0.119 e. The molecule has 3 heteroatoms. The lowest BCUT2D eigenvalue weighted by molar-refractivity contribution is 0.415. The average molecular weight is 338 g/mol. The Bertz CT molecular complexity index is 862. The average Bonchev–Trinajstić information content (AvgIpc) is 2.52. The first kappa shape index (κ1) is 13.7. The minimum absolute atomic E-state index is 0.749. The summed E-state index contributed by atoms with van der Waals surface area (Å²) in [4.78, 5) is 4.22. The Hall–Kier alpha value is -2.31. The molecule has 1 heterocycles. The third-order valence-corrected chi connectivity index (χ3v) is 3.60. The highest BCUT2D eigenvalue weighted by molar-refractivity contribution is 9.10. The van der Waals surface area contributed by atoms with Gasteiger partial charge in [-0.3, -0.25) is 0 Å². The molecule has 0 atom stereocenters. The first-order chi connectivity index (χ1) is 10.2. The molecule has 1 aromatic heterocycles. The highest BCUT2D eigenvalue weighted by Crippen LogP contribution is 2.21. The van der Waals surface area contributed by atoms with E-state index in [0.717, 1.165) is 32.3 Å². The molecule has 0 bridgehead atoms. The maximum atomic E-state index is 5.23. The van der Waals surface area contributed by atoms with Crippen molar-refractivity contribution in [3.8, 4) is 17.6 Å². The van der Waals surface area contributed by atoms with Gasteiger partial charge in [-0.05, 0) is 53.1 Å². The number of fused-ring (bicyclic) bond motifs is 1. The van der Waals surface area contributed by atoms with E-state index in [0.29, 0.717) is 0 Å². The molecule has 102 valence electrons. The van der Waals surface area contributed by atoms with Crippen molar-refractivity contribution < 1.29 is 4.74 Å². The van der Waals surface area contributed by atoms with Crippen molar-refractivity contribution in [3.05, 3.63) is 70.5 Å². The predicted octanol–water partition coefficient (Wildman–Crippen LogP) is 4.41. The van der Waals surface area contributed by atoms with E-state index in [1.807, 2.05) is 36.4 Å². The molecule has 0 saturated carbocycles. The van der Waals surface area contributed by atoms with Crippen LogP contribution in [0.25, 0.3) is 10.8 Å². The standard InChI is InChI=1S/C18H12BrNO/c1-21-18-7-5-14-10-13(2-4-15(14)11-18)3-6-17-12-16(19)8-9-20-17/h2,4-5,7-12H,1H3. The lowest BCUT2D eigenvalue weighted by Crippen LogP contribution is -1.84. The van der Waals surface area contributed by atoms with Gasteiger partial charge in [0.2, 0.25) is 0 Å². The third kappa shape index (κ3) is 3.24. The van der Waals surface area contributed by atoms with Gasteiger partial charge in [-0.25, -0.2) is 4.98 Å². The first-order valence-corrected chi connectivity index (χ1v) is 7.25. The van der Waals surface area contributed by atoms with Gasteiger partial charge in [0.1, 0.15) is 11.4 Å². The minimum atomic E-state index is 0.749. The molecule has 0 N–H and O–H groups in total. The number of ether oxygens (including phenoxy) is 1. The zero-order valence-electron chi connectivity index (χ0n) is 11.4. The van der Waals surface area contributed by atoms with Gasteiger partial charge in [0.25, 0.3) is 0 Å². The van der Waals surface area contributed by atoms with Crippen molar-refractivity contribution in [2.45, 2.75) is 0 Å². The van der Waals surface area contributed by atoms with Crippen LogP contribution in [0.1, 0.15) is 11.3 Å². The van der Waals surface area contributed by atoms with Crippen molar-refractivity contribution >= 4 is 26.7 Å². The molecule has 0 aliphatic rings. The second-order valence-corrected chi connectivity index (χ2v) is 5.45. The van der Waals surface area contributed by atoms with E-state index in [1.165, 1.54) is 0 Å². The molecule has 2 aromatic carbocycles. The molecule has 21 heavy (non-hydrogen) atoms. The Balaban J connectivity index is 1.95. The van der Waals surface area contributed by atoms with Crippen LogP contribution in [0.15, 0.2) is 59.2 Å². The Morgan fingerprint density at radius 3 is 2.57 bits per heavy atom. The van der Waals surface area contributed by atoms with E-state index in [9.17, 15) is 0 Å². The van der Waals surface area contributed by atoms with Crippen molar-refractivity contribution in [2.75, 3.05) is 7.11 Å². The summed E-state index contributed by atoms with van der Waals surface area (Å²) in [5, 5.41) is 2.28. The summed E-state index contributed by atoms with van der Waals surface area (Å²) < 4.78 is 6.21. The molecule has 0 aliphatic carbocycles. The zero-order valence-corrected chi connectivity index (χ0v) is 13.0. The van der Waals surface area contributed by atoms with Gasteiger partial charge in [0.15, 0.2) is 0 Å². The molecule has 0 aliphatic heterocycles. The molecule has 3 aromatic rings. The number of hydrogen-bond acceptors (Lipinski definition) is 2. The van der Waals surface area contributed by atoms with E-state index < -0.39 is 0 Å². The van der Waals surface area contributed by atoms with Crippen molar-refractivity contribution in [3.63, 3.8) is 0 Å². The number of pyridine rings is 1. The number of methoxy groups -OCH3 is 1. The van der Waals surface area contributed by atoms with Gasteiger partial charge in [-0.15, -0.1) is 0 Å². The Kier molecular flexibility index (Phi) is 3.89. The summed E-state index contributed by atoms with van der Waals surface area (Å²) in [6.07, 6.45) is 1.74. The normalized spacial score (nSPS) is 10.0. The number of nitrogens with zero attached hydrogens (tertiary/aromatic N) is 1. The van der Waals surface area contributed by atoms with Crippen molar-refractivity contribution in [1.82, 2.24) is 4.98 Å². The second kappa shape index (κ2) is 5.99. The predicted molar refractivity (Wildman–Crippen MR) is 88.4 cm³/mol. The van der Waals surface area contributed by atoms with E-state index in [4.69, 9.17) is 4.74 Å². The van der Waals surface area contributed by atoms with Crippen LogP contribution in [0.5, 0.6) is 5.75 Å². The molecule has 0 unspecified atom stereocenters. The van der Waals surface area contributed by atoms with E-state index in [2.05, 4.69) is 44.9 Å². The Labute approximate surface area is 131 Å². The lowest BCUT2D eigenvalue weighted by Gasteiger charge is -2.02. The summed E-state index contributed by atoms with van der Waals surface area (Å²) in [5.41, 5.74) is 1.72. The van der Waals surface area contributed by atoms with Gasteiger partial charge < -0.3 is 4.74 Å². The third-order valence-electron chi connectivity index (χ3n) is 3.10. The summed E-state index contributed by atoms with van der Waals surface area (Å²) >= 11 is 3.41. The van der Waals surface area contributed by atoms with Crippen LogP contribution in [-0.2, 0) is 0 Å². The van der Waals surface area contributed by atoms with Crippen molar-refractivity contribution in [2.24, 2.45) is 0 Å². The number of rotatable bonds is 1. The van der Waals surface area contributed by atoms with Gasteiger partial charge in [0, 0.05) is 16.2 Å². The van der Waals surface area contributed by atoms with Crippen LogP contribution < -0.4 is 4.74 Å². The number of benzene rings is 2. The van der Waals surface area contributed by atoms with Gasteiger partial charge in [-0.2, -0.15) is 0 Å². The molecule has 0 saturated heterocycles. The molecule has 0 spiro atoms. The lowest BCUT2D eigenvalue weighted by atomic mass is 10.1. The first-order valence-electron chi connectivity index (χ1n) is 6.46. The fourth-order valence-corrected chi connectivity index (χ4v) is 2.37. The minimum Gasteiger partial charge on any atom is -0.497 e. The molecular weight excluding hydrogens is 326 g/mol. The highest BCUT2D eigenvalue weighted by atomic mass is 79.9. The van der Waals surface area contributed by atoms with Gasteiger partial charge in [-0.1, -0.05) is 34.0 Å². The summed E-state index contributed by atoms with van der Waals surface area (Å²) in [7, 11) is 1.67. The summed E-state index contributed by atoms with van der Waals surface area (Å²) in [6.45, 7) is 0. The number of aromatic nitrogens is 1. The Morgan fingerprint density at radius 1 is 0.952 bits per heavy atom.